The Kier molecular flexibility index (Phi) is 4.15. The van der Waals surface area contributed by atoms with Crippen LogP contribution in [0.4, 0.5) is 10.6 Å². The van der Waals surface area contributed by atoms with Gasteiger partial charge in [-0.25, -0.2) is 9.78 Å². The minimum absolute atomic E-state index is 0.179. The van der Waals surface area contributed by atoms with E-state index in [-0.39, 0.29) is 12.1 Å². The Balaban J connectivity index is 1.59. The van der Waals surface area contributed by atoms with E-state index in [9.17, 15) is 4.79 Å². The molecule has 1 aromatic carbocycles. The van der Waals surface area contributed by atoms with Gasteiger partial charge in [-0.2, -0.15) is 0 Å². The van der Waals surface area contributed by atoms with E-state index in [1.165, 1.54) is 18.4 Å². The molecule has 4 nitrogen and oxygen atoms in total. The van der Waals surface area contributed by atoms with E-state index in [1.807, 2.05) is 30.3 Å². The van der Waals surface area contributed by atoms with Crippen LogP contribution in [-0.4, -0.2) is 17.1 Å². The van der Waals surface area contributed by atoms with E-state index < -0.39 is 0 Å². The first kappa shape index (κ1) is 13.6. The van der Waals surface area contributed by atoms with E-state index in [2.05, 4.69) is 27.8 Å². The molecule has 0 spiro atoms. The Morgan fingerprint density at radius 2 is 1.90 bits per heavy atom. The number of urea groups is 1. The molecular weight excluding hydrogens is 262 g/mol. The molecule has 1 atom stereocenters. The second-order valence-corrected chi connectivity index (χ2v) is 5.45. The average Bonchev–Trinajstić information content (AvgIpc) is 3.33. The largest absolute Gasteiger partial charge is 0.334 e. The molecule has 0 unspecified atom stereocenters. The molecule has 1 aliphatic carbocycles. The minimum Gasteiger partial charge on any atom is -0.334 e. The van der Waals surface area contributed by atoms with Crippen LogP contribution in [0.15, 0.2) is 54.7 Å². The van der Waals surface area contributed by atoms with E-state index in [1.54, 1.807) is 12.3 Å². The number of carbonyl (C=O) groups is 1. The maximum atomic E-state index is 12.1. The van der Waals surface area contributed by atoms with Crippen LogP contribution < -0.4 is 10.6 Å². The number of nitrogens with zero attached hydrogens (tertiary/aromatic N) is 1. The third kappa shape index (κ3) is 4.05. The van der Waals surface area contributed by atoms with Gasteiger partial charge < -0.3 is 5.32 Å². The summed E-state index contributed by atoms with van der Waals surface area (Å²) >= 11 is 0. The summed E-state index contributed by atoms with van der Waals surface area (Å²) in [7, 11) is 0. The first-order valence-corrected chi connectivity index (χ1v) is 7.34. The van der Waals surface area contributed by atoms with Crippen LogP contribution in [0.25, 0.3) is 0 Å². The fourth-order valence-corrected chi connectivity index (χ4v) is 2.46. The third-order valence-electron chi connectivity index (χ3n) is 3.71. The Morgan fingerprint density at radius 3 is 2.57 bits per heavy atom. The number of nitrogens with one attached hydrogen (secondary N) is 2. The highest BCUT2D eigenvalue weighted by Crippen LogP contribution is 2.34. The molecule has 2 aromatic rings. The molecule has 0 bridgehead atoms. The first-order valence-electron chi connectivity index (χ1n) is 7.34. The summed E-state index contributed by atoms with van der Waals surface area (Å²) in [5.74, 6) is 1.17. The lowest BCUT2D eigenvalue weighted by atomic mass is 10.0. The summed E-state index contributed by atoms with van der Waals surface area (Å²) in [6, 6.07) is 15.8. The summed E-state index contributed by atoms with van der Waals surface area (Å²) in [5.41, 5.74) is 1.26. The van der Waals surface area contributed by atoms with Crippen molar-refractivity contribution in [3.8, 4) is 0 Å². The zero-order chi connectivity index (χ0) is 14.5. The molecule has 3 rings (SSSR count). The first-order chi connectivity index (χ1) is 10.3. The Bertz CT molecular complexity index is 581. The van der Waals surface area contributed by atoms with Gasteiger partial charge in [-0.15, -0.1) is 0 Å². The van der Waals surface area contributed by atoms with Crippen molar-refractivity contribution in [1.29, 1.82) is 0 Å². The van der Waals surface area contributed by atoms with E-state index in [4.69, 9.17) is 0 Å². The second-order valence-electron chi connectivity index (χ2n) is 5.45. The van der Waals surface area contributed by atoms with Crippen molar-refractivity contribution in [3.05, 3.63) is 60.3 Å². The number of carbonyl (C=O) groups excluding carboxylic acids is 1. The molecule has 1 aliphatic rings. The van der Waals surface area contributed by atoms with Gasteiger partial charge in [-0.3, -0.25) is 5.32 Å². The fourth-order valence-electron chi connectivity index (χ4n) is 2.46. The summed E-state index contributed by atoms with van der Waals surface area (Å²) in [4.78, 5) is 16.2. The number of pyridine rings is 1. The van der Waals surface area contributed by atoms with Crippen LogP contribution in [0.5, 0.6) is 0 Å². The van der Waals surface area contributed by atoms with Crippen molar-refractivity contribution in [1.82, 2.24) is 10.3 Å². The third-order valence-corrected chi connectivity index (χ3v) is 3.71. The van der Waals surface area contributed by atoms with Crippen LogP contribution in [0, 0.1) is 5.92 Å². The molecule has 0 aliphatic heterocycles. The summed E-state index contributed by atoms with van der Waals surface area (Å²) in [5, 5.41) is 5.87. The number of aromatic nitrogens is 1. The molecule has 2 amide bonds. The van der Waals surface area contributed by atoms with Crippen molar-refractivity contribution in [3.63, 3.8) is 0 Å². The van der Waals surface area contributed by atoms with Crippen LogP contribution >= 0.6 is 0 Å². The van der Waals surface area contributed by atoms with Crippen LogP contribution in [0.2, 0.25) is 0 Å². The number of rotatable bonds is 5. The van der Waals surface area contributed by atoms with Gasteiger partial charge in [-0.05, 0) is 42.9 Å². The number of hydrogen-bond acceptors (Lipinski definition) is 2. The van der Waals surface area contributed by atoms with E-state index in [0.717, 1.165) is 6.42 Å². The van der Waals surface area contributed by atoms with Crippen molar-refractivity contribution < 1.29 is 4.79 Å². The predicted octanol–water partition coefficient (Wildman–Crippen LogP) is 3.22. The number of amides is 2. The Hall–Kier alpha value is -2.36. The Labute approximate surface area is 124 Å². The van der Waals surface area contributed by atoms with Crippen molar-refractivity contribution in [2.24, 2.45) is 5.92 Å². The van der Waals surface area contributed by atoms with Gasteiger partial charge >= 0.3 is 6.03 Å². The molecule has 1 aromatic heterocycles. The summed E-state index contributed by atoms with van der Waals surface area (Å²) in [6.07, 6.45) is 4.93. The number of anilines is 1. The Morgan fingerprint density at radius 1 is 1.14 bits per heavy atom. The van der Waals surface area contributed by atoms with Crippen LogP contribution in [0.3, 0.4) is 0 Å². The SMILES string of the molecule is O=C(Nc1ccccn1)N[C@H](Cc1ccccc1)C1CC1. The molecule has 1 fully saturated rings. The van der Waals surface area contributed by atoms with Crippen LogP contribution in [0.1, 0.15) is 18.4 Å². The second kappa shape index (κ2) is 6.39. The number of hydrogen-bond donors (Lipinski definition) is 2. The van der Waals surface area contributed by atoms with Gasteiger partial charge in [0.15, 0.2) is 0 Å². The maximum absolute atomic E-state index is 12.1. The zero-order valence-electron chi connectivity index (χ0n) is 11.8. The summed E-state index contributed by atoms with van der Waals surface area (Å²) in [6.45, 7) is 0. The number of benzene rings is 1. The van der Waals surface area contributed by atoms with Crippen LogP contribution in [-0.2, 0) is 6.42 Å². The van der Waals surface area contributed by atoms with Crippen molar-refractivity contribution in [2.45, 2.75) is 25.3 Å². The smallest absolute Gasteiger partial charge is 0.320 e. The standard InChI is InChI=1S/C17H19N3O/c21-17(20-16-8-4-5-11-18-16)19-15(14-9-10-14)12-13-6-2-1-3-7-13/h1-8,11,14-15H,9-10,12H2,(H2,18,19,20,21)/t15-/m1/s1. The van der Waals surface area contributed by atoms with Gasteiger partial charge in [0.25, 0.3) is 0 Å². The van der Waals surface area contributed by atoms with Gasteiger partial charge in [0, 0.05) is 12.2 Å². The lowest BCUT2D eigenvalue weighted by Gasteiger charge is -2.18. The highest BCUT2D eigenvalue weighted by atomic mass is 16.2. The van der Waals surface area contributed by atoms with Gasteiger partial charge in [0.1, 0.15) is 5.82 Å². The minimum atomic E-state index is -0.179. The van der Waals surface area contributed by atoms with Gasteiger partial charge in [0.2, 0.25) is 0 Å². The summed E-state index contributed by atoms with van der Waals surface area (Å²) < 4.78 is 0. The average molecular weight is 281 g/mol. The molecule has 21 heavy (non-hydrogen) atoms. The molecule has 108 valence electrons. The highest BCUT2D eigenvalue weighted by molar-refractivity contribution is 5.88. The van der Waals surface area contributed by atoms with Crippen molar-refractivity contribution in [2.75, 3.05) is 5.32 Å². The molecular formula is C17H19N3O. The molecule has 0 saturated heterocycles. The zero-order valence-corrected chi connectivity index (χ0v) is 11.8. The lowest BCUT2D eigenvalue weighted by molar-refractivity contribution is 0.246. The van der Waals surface area contributed by atoms with Crippen molar-refractivity contribution >= 4 is 11.8 Å². The quantitative estimate of drug-likeness (QED) is 0.884. The maximum Gasteiger partial charge on any atom is 0.320 e. The fraction of sp³-hybridized carbons (Fsp3) is 0.294. The van der Waals surface area contributed by atoms with Gasteiger partial charge in [0.05, 0.1) is 0 Å². The van der Waals surface area contributed by atoms with E-state index >= 15 is 0 Å². The monoisotopic (exact) mass is 281 g/mol. The lowest BCUT2D eigenvalue weighted by Crippen LogP contribution is -2.40. The molecule has 0 radical (unpaired) electrons. The molecule has 1 heterocycles. The molecule has 1 saturated carbocycles. The van der Waals surface area contributed by atoms with Gasteiger partial charge in [-0.1, -0.05) is 36.4 Å². The molecule has 2 N–H and O–H groups in total. The molecule has 4 heteroatoms. The highest BCUT2D eigenvalue weighted by Gasteiger charge is 2.32. The van der Waals surface area contributed by atoms with E-state index in [0.29, 0.717) is 11.7 Å². The predicted molar refractivity (Wildman–Crippen MR) is 83.0 cm³/mol. The normalized spacial score (nSPS) is 15.2. The topological polar surface area (TPSA) is 54.0 Å².